The van der Waals surface area contributed by atoms with Gasteiger partial charge in [0.05, 0.1) is 21.0 Å². The summed E-state index contributed by atoms with van der Waals surface area (Å²) >= 11 is 6.00. The van der Waals surface area contributed by atoms with E-state index in [1.807, 2.05) is 6.92 Å². The van der Waals surface area contributed by atoms with Gasteiger partial charge in [0.1, 0.15) is 0 Å². The van der Waals surface area contributed by atoms with Gasteiger partial charge in [-0.05, 0) is 25.5 Å². The van der Waals surface area contributed by atoms with Crippen molar-refractivity contribution in [2.45, 2.75) is 45.8 Å². The second-order valence-electron chi connectivity index (χ2n) is 7.59. The standard InChI is InChI=1S/C23H23ClN4O6/c1-3-4-7-12-27-22(30)17-9-6-5-8-16(17)20(26-27)23(31)34-14(2)21(29)25-19-11-10-15(28(32)33)13-18(19)24/h5-6,8-11,13-14H,3-4,7,12H2,1-2H3,(H,25,29). The number of halogens is 1. The molecule has 1 aromatic heterocycles. The van der Waals surface area contributed by atoms with E-state index < -0.39 is 22.9 Å². The molecule has 3 rings (SSSR count). The Morgan fingerprint density at radius 3 is 2.56 bits per heavy atom. The van der Waals surface area contributed by atoms with E-state index in [4.69, 9.17) is 16.3 Å². The summed E-state index contributed by atoms with van der Waals surface area (Å²) in [6, 6.07) is 10.2. The predicted octanol–water partition coefficient (Wildman–Crippen LogP) is 4.33. The molecule has 178 valence electrons. The topological polar surface area (TPSA) is 133 Å². The lowest BCUT2D eigenvalue weighted by molar-refractivity contribution is -0.384. The summed E-state index contributed by atoms with van der Waals surface area (Å²) in [4.78, 5) is 48.5. The van der Waals surface area contributed by atoms with Crippen LogP contribution in [0.5, 0.6) is 0 Å². The van der Waals surface area contributed by atoms with Crippen molar-refractivity contribution >= 4 is 45.6 Å². The highest BCUT2D eigenvalue weighted by Crippen LogP contribution is 2.27. The molecule has 0 aliphatic rings. The first-order chi connectivity index (χ1) is 16.2. The first-order valence-electron chi connectivity index (χ1n) is 10.7. The molecule has 0 aliphatic heterocycles. The van der Waals surface area contributed by atoms with Crippen molar-refractivity contribution in [2.75, 3.05) is 5.32 Å². The zero-order valence-electron chi connectivity index (χ0n) is 18.6. The minimum absolute atomic E-state index is 0.0344. The summed E-state index contributed by atoms with van der Waals surface area (Å²) in [5.74, 6) is -1.55. The van der Waals surface area contributed by atoms with Gasteiger partial charge in [-0.2, -0.15) is 5.10 Å². The number of non-ortho nitro benzene ring substituents is 1. The monoisotopic (exact) mass is 486 g/mol. The van der Waals surface area contributed by atoms with Crippen LogP contribution in [0.1, 0.15) is 43.6 Å². The number of hydrogen-bond acceptors (Lipinski definition) is 7. The van der Waals surface area contributed by atoms with Gasteiger partial charge in [-0.3, -0.25) is 19.7 Å². The van der Waals surface area contributed by atoms with Crippen LogP contribution in [0, 0.1) is 10.1 Å². The molecule has 0 saturated carbocycles. The molecule has 1 heterocycles. The number of anilines is 1. The van der Waals surface area contributed by atoms with Gasteiger partial charge in [0, 0.05) is 24.1 Å². The molecule has 34 heavy (non-hydrogen) atoms. The number of nitrogens with zero attached hydrogens (tertiary/aromatic N) is 3. The Morgan fingerprint density at radius 1 is 1.21 bits per heavy atom. The fourth-order valence-corrected chi connectivity index (χ4v) is 3.49. The number of rotatable bonds is 9. The molecule has 0 saturated heterocycles. The molecule has 1 amide bonds. The Kier molecular flexibility index (Phi) is 7.95. The summed E-state index contributed by atoms with van der Waals surface area (Å²) in [5.41, 5.74) is -0.468. The molecule has 2 aromatic carbocycles. The van der Waals surface area contributed by atoms with E-state index in [0.29, 0.717) is 17.3 Å². The fraction of sp³-hybridized carbons (Fsp3) is 0.304. The predicted molar refractivity (Wildman–Crippen MR) is 127 cm³/mol. The molecule has 11 heteroatoms. The van der Waals surface area contributed by atoms with Crippen molar-refractivity contribution in [1.29, 1.82) is 0 Å². The minimum Gasteiger partial charge on any atom is -0.448 e. The van der Waals surface area contributed by atoms with E-state index in [2.05, 4.69) is 10.4 Å². The molecule has 1 N–H and O–H groups in total. The van der Waals surface area contributed by atoms with Crippen LogP contribution in [-0.2, 0) is 16.1 Å². The van der Waals surface area contributed by atoms with Crippen molar-refractivity contribution in [3.05, 3.63) is 73.6 Å². The number of aromatic nitrogens is 2. The molecular weight excluding hydrogens is 464 g/mol. The van der Waals surface area contributed by atoms with Crippen LogP contribution in [0.15, 0.2) is 47.3 Å². The maximum Gasteiger partial charge on any atom is 0.360 e. The summed E-state index contributed by atoms with van der Waals surface area (Å²) in [6.07, 6.45) is 1.36. The molecule has 0 aliphatic carbocycles. The zero-order chi connectivity index (χ0) is 24.8. The SMILES string of the molecule is CCCCCn1nc(C(=O)OC(C)C(=O)Nc2ccc([N+](=O)[O-])cc2Cl)c2ccccc2c1=O. The Balaban J connectivity index is 1.81. The summed E-state index contributed by atoms with van der Waals surface area (Å²) in [7, 11) is 0. The number of ether oxygens (including phenoxy) is 1. The number of esters is 1. The lowest BCUT2D eigenvalue weighted by atomic mass is 10.1. The van der Waals surface area contributed by atoms with Gasteiger partial charge in [0.25, 0.3) is 17.2 Å². The van der Waals surface area contributed by atoms with Crippen LogP contribution < -0.4 is 10.9 Å². The summed E-state index contributed by atoms with van der Waals surface area (Å²) in [5, 5.41) is 18.2. The number of hydrogen-bond donors (Lipinski definition) is 1. The fourth-order valence-electron chi connectivity index (χ4n) is 3.27. The molecule has 1 unspecified atom stereocenters. The van der Waals surface area contributed by atoms with Gasteiger partial charge in [0.2, 0.25) is 0 Å². The Labute approximate surface area is 199 Å². The molecule has 0 spiro atoms. The van der Waals surface area contributed by atoms with Crippen LogP contribution in [0.2, 0.25) is 5.02 Å². The second kappa shape index (κ2) is 10.9. The molecular formula is C23H23ClN4O6. The number of nitro benzene ring substituents is 1. The molecule has 0 bridgehead atoms. The van der Waals surface area contributed by atoms with Crippen LogP contribution in [0.25, 0.3) is 10.8 Å². The normalized spacial score (nSPS) is 11.7. The molecule has 0 fully saturated rings. The third-order valence-corrected chi connectivity index (χ3v) is 5.42. The quantitative estimate of drug-likeness (QED) is 0.206. The highest BCUT2D eigenvalue weighted by Gasteiger charge is 2.24. The van der Waals surface area contributed by atoms with E-state index in [-0.39, 0.29) is 27.7 Å². The van der Waals surface area contributed by atoms with Crippen LogP contribution in [-0.4, -0.2) is 32.7 Å². The molecule has 10 nitrogen and oxygen atoms in total. The molecule has 3 aromatic rings. The van der Waals surface area contributed by atoms with Crippen molar-refractivity contribution in [3.63, 3.8) is 0 Å². The number of aryl methyl sites for hydroxylation is 1. The molecule has 0 radical (unpaired) electrons. The average Bonchev–Trinajstić information content (AvgIpc) is 2.81. The van der Waals surface area contributed by atoms with Gasteiger partial charge >= 0.3 is 5.97 Å². The Bertz CT molecular complexity index is 1310. The number of fused-ring (bicyclic) bond motifs is 1. The highest BCUT2D eigenvalue weighted by atomic mass is 35.5. The molecule has 1 atom stereocenters. The second-order valence-corrected chi connectivity index (χ2v) is 7.99. The number of carbonyl (C=O) groups excluding carboxylic acids is 2. The summed E-state index contributed by atoms with van der Waals surface area (Å²) < 4.78 is 6.57. The lowest BCUT2D eigenvalue weighted by Crippen LogP contribution is -2.32. The van der Waals surface area contributed by atoms with E-state index in [1.54, 1.807) is 24.3 Å². The van der Waals surface area contributed by atoms with Crippen LogP contribution >= 0.6 is 11.6 Å². The lowest BCUT2D eigenvalue weighted by Gasteiger charge is -2.15. The third-order valence-electron chi connectivity index (χ3n) is 5.11. The average molecular weight is 487 g/mol. The van der Waals surface area contributed by atoms with Gasteiger partial charge in [-0.1, -0.05) is 49.6 Å². The number of unbranched alkanes of at least 4 members (excludes halogenated alkanes) is 2. The number of benzene rings is 2. The van der Waals surface area contributed by atoms with Gasteiger partial charge in [-0.25, -0.2) is 9.48 Å². The Hall–Kier alpha value is -3.79. The third kappa shape index (κ3) is 5.57. The maximum atomic E-state index is 12.9. The number of amides is 1. The van der Waals surface area contributed by atoms with Crippen LogP contribution in [0.3, 0.4) is 0 Å². The van der Waals surface area contributed by atoms with Crippen molar-refractivity contribution in [1.82, 2.24) is 9.78 Å². The summed E-state index contributed by atoms with van der Waals surface area (Å²) in [6.45, 7) is 3.76. The van der Waals surface area contributed by atoms with Gasteiger partial charge in [-0.15, -0.1) is 0 Å². The van der Waals surface area contributed by atoms with E-state index in [9.17, 15) is 24.5 Å². The van der Waals surface area contributed by atoms with Crippen molar-refractivity contribution in [3.8, 4) is 0 Å². The van der Waals surface area contributed by atoms with E-state index in [1.165, 1.54) is 23.7 Å². The highest BCUT2D eigenvalue weighted by molar-refractivity contribution is 6.34. The van der Waals surface area contributed by atoms with E-state index >= 15 is 0 Å². The zero-order valence-corrected chi connectivity index (χ0v) is 19.4. The Morgan fingerprint density at radius 2 is 1.91 bits per heavy atom. The van der Waals surface area contributed by atoms with Crippen molar-refractivity contribution < 1.29 is 19.2 Å². The number of nitro groups is 1. The van der Waals surface area contributed by atoms with Crippen molar-refractivity contribution in [2.24, 2.45) is 0 Å². The first-order valence-corrected chi connectivity index (χ1v) is 11.1. The maximum absolute atomic E-state index is 12.9. The minimum atomic E-state index is -1.24. The van der Waals surface area contributed by atoms with E-state index in [0.717, 1.165) is 25.3 Å². The van der Waals surface area contributed by atoms with Gasteiger partial charge < -0.3 is 10.1 Å². The first kappa shape index (κ1) is 24.8. The number of carbonyl (C=O) groups is 2. The largest absolute Gasteiger partial charge is 0.448 e. The smallest absolute Gasteiger partial charge is 0.360 e. The van der Waals surface area contributed by atoms with Crippen LogP contribution in [0.4, 0.5) is 11.4 Å². The van der Waals surface area contributed by atoms with Gasteiger partial charge in [0.15, 0.2) is 11.8 Å². The number of nitrogens with one attached hydrogen (secondary N) is 1.